The van der Waals surface area contributed by atoms with Gasteiger partial charge in [0, 0.05) is 56.3 Å². The molecule has 2 aliphatic rings. The third-order valence-electron chi connectivity index (χ3n) is 6.93. The van der Waals surface area contributed by atoms with Crippen molar-refractivity contribution in [1.82, 2.24) is 19.6 Å². The molecule has 2 saturated heterocycles. The van der Waals surface area contributed by atoms with Crippen LogP contribution >= 0.6 is 11.6 Å². The lowest BCUT2D eigenvalue weighted by Gasteiger charge is -2.42. The first-order valence-corrected chi connectivity index (χ1v) is 12.2. The van der Waals surface area contributed by atoms with E-state index in [0.29, 0.717) is 42.5 Å². The molecule has 0 spiro atoms. The predicted octanol–water partition coefficient (Wildman–Crippen LogP) is 4.09. The van der Waals surface area contributed by atoms with E-state index < -0.39 is 0 Å². The Balaban J connectivity index is 1.46. The van der Waals surface area contributed by atoms with E-state index in [9.17, 15) is 9.59 Å². The van der Waals surface area contributed by atoms with Gasteiger partial charge in [-0.15, -0.1) is 0 Å². The number of aromatic nitrogens is 2. The minimum Gasteiger partial charge on any atom is -0.493 e. The fraction of sp³-hybridized carbons (Fsp3) is 0.560. The van der Waals surface area contributed by atoms with Gasteiger partial charge in [-0.05, 0) is 57.2 Å². The van der Waals surface area contributed by atoms with E-state index >= 15 is 0 Å². The number of nitrogens with zero attached hydrogens (tertiary/aromatic N) is 4. The second-order valence-electron chi connectivity index (χ2n) is 9.46. The number of rotatable bonds is 6. The Morgan fingerprint density at radius 2 is 1.82 bits per heavy atom. The van der Waals surface area contributed by atoms with Crippen LogP contribution in [-0.4, -0.2) is 64.2 Å². The van der Waals surface area contributed by atoms with E-state index in [1.54, 1.807) is 16.9 Å². The maximum absolute atomic E-state index is 13.2. The molecular weight excluding hydrogens is 440 g/mol. The number of ether oxygens (including phenoxy) is 1. The van der Waals surface area contributed by atoms with Crippen molar-refractivity contribution in [3.63, 3.8) is 0 Å². The van der Waals surface area contributed by atoms with Crippen molar-refractivity contribution >= 4 is 23.4 Å². The van der Waals surface area contributed by atoms with Crippen LogP contribution in [0.25, 0.3) is 0 Å². The predicted molar refractivity (Wildman–Crippen MR) is 128 cm³/mol. The summed E-state index contributed by atoms with van der Waals surface area (Å²) >= 11 is 6.12. The van der Waals surface area contributed by atoms with Gasteiger partial charge in [-0.25, -0.2) is 0 Å². The monoisotopic (exact) mass is 472 g/mol. The average Bonchev–Trinajstić information content (AvgIpc) is 3.16. The van der Waals surface area contributed by atoms with Crippen LogP contribution in [0, 0.1) is 12.3 Å². The molecule has 1 aromatic heterocycles. The molecule has 0 aliphatic carbocycles. The zero-order valence-corrected chi connectivity index (χ0v) is 20.3. The van der Waals surface area contributed by atoms with Gasteiger partial charge in [0.1, 0.15) is 5.75 Å². The number of piperidine rings is 2. The maximum atomic E-state index is 13.2. The second-order valence-corrected chi connectivity index (χ2v) is 9.89. The summed E-state index contributed by atoms with van der Waals surface area (Å²) in [5.74, 6) is 0.913. The Hall–Kier alpha value is -2.54. The molecule has 178 valence electrons. The summed E-state index contributed by atoms with van der Waals surface area (Å²) < 4.78 is 7.82. The van der Waals surface area contributed by atoms with Gasteiger partial charge in [0.25, 0.3) is 5.91 Å². The molecule has 0 unspecified atom stereocenters. The van der Waals surface area contributed by atoms with Crippen molar-refractivity contribution in [2.24, 2.45) is 12.5 Å². The normalized spacial score (nSPS) is 18.3. The minimum absolute atomic E-state index is 0.00677. The number of carbonyl (C=O) groups excluding carboxylic acids is 2. The summed E-state index contributed by atoms with van der Waals surface area (Å²) in [5, 5.41) is 4.93. The maximum Gasteiger partial charge on any atom is 0.257 e. The van der Waals surface area contributed by atoms with Gasteiger partial charge in [0.05, 0.1) is 17.9 Å². The summed E-state index contributed by atoms with van der Waals surface area (Å²) in [6.45, 7) is 5.17. The van der Waals surface area contributed by atoms with E-state index in [0.717, 1.165) is 44.5 Å². The van der Waals surface area contributed by atoms with E-state index in [2.05, 4.69) is 5.10 Å². The summed E-state index contributed by atoms with van der Waals surface area (Å²) in [5.41, 5.74) is 1.07. The summed E-state index contributed by atoms with van der Waals surface area (Å²) in [7, 11) is 1.82. The number of hydrogen-bond acceptors (Lipinski definition) is 4. The van der Waals surface area contributed by atoms with Crippen LogP contribution in [-0.2, 0) is 11.8 Å². The van der Waals surface area contributed by atoms with Gasteiger partial charge in [-0.1, -0.05) is 17.7 Å². The second kappa shape index (κ2) is 10.2. The highest BCUT2D eigenvalue weighted by Crippen LogP contribution is 2.37. The van der Waals surface area contributed by atoms with Crippen molar-refractivity contribution in [2.75, 3.05) is 32.8 Å². The number of carbonyl (C=O) groups is 2. The molecule has 0 saturated carbocycles. The van der Waals surface area contributed by atoms with Gasteiger partial charge in [-0.3, -0.25) is 14.3 Å². The Morgan fingerprint density at radius 3 is 2.45 bits per heavy atom. The zero-order valence-electron chi connectivity index (χ0n) is 19.6. The number of amides is 2. The molecule has 2 amide bonds. The molecule has 3 heterocycles. The van der Waals surface area contributed by atoms with Crippen molar-refractivity contribution < 1.29 is 14.3 Å². The quantitative estimate of drug-likeness (QED) is 0.635. The largest absolute Gasteiger partial charge is 0.493 e. The molecule has 2 fully saturated rings. The average molecular weight is 473 g/mol. The highest BCUT2D eigenvalue weighted by molar-refractivity contribution is 6.30. The lowest BCUT2D eigenvalue weighted by molar-refractivity contribution is -0.136. The fourth-order valence-electron chi connectivity index (χ4n) is 4.91. The standard InChI is InChI=1S/C25H33ClN4O3/c1-19-22(17-28(2)27-19)24(32)30-13-9-25(10-14-30,16-23(31)29-11-4-3-5-12-29)18-33-21-8-6-7-20(26)15-21/h6-8,15,17H,3-5,9-14,16,18H2,1-2H3. The summed E-state index contributed by atoms with van der Waals surface area (Å²) in [4.78, 5) is 30.1. The van der Waals surface area contributed by atoms with E-state index in [-0.39, 0.29) is 17.2 Å². The van der Waals surface area contributed by atoms with E-state index in [1.807, 2.05) is 42.0 Å². The molecule has 2 aliphatic heterocycles. The van der Waals surface area contributed by atoms with Crippen molar-refractivity contribution in [2.45, 2.75) is 45.4 Å². The lowest BCUT2D eigenvalue weighted by Crippen LogP contribution is -2.48. The third kappa shape index (κ3) is 5.69. The van der Waals surface area contributed by atoms with Crippen molar-refractivity contribution in [3.8, 4) is 5.75 Å². The highest BCUT2D eigenvalue weighted by Gasteiger charge is 2.40. The molecule has 0 atom stereocenters. The molecule has 2 aromatic rings. The first kappa shape index (κ1) is 23.6. The smallest absolute Gasteiger partial charge is 0.257 e. The molecule has 0 bridgehead atoms. The highest BCUT2D eigenvalue weighted by atomic mass is 35.5. The van der Waals surface area contributed by atoms with Gasteiger partial charge in [0.15, 0.2) is 0 Å². The van der Waals surface area contributed by atoms with Crippen LogP contribution in [0.3, 0.4) is 0 Å². The first-order valence-electron chi connectivity index (χ1n) is 11.8. The Labute approximate surface area is 200 Å². The van der Waals surface area contributed by atoms with Crippen LogP contribution in [0.15, 0.2) is 30.5 Å². The number of halogens is 1. The summed E-state index contributed by atoms with van der Waals surface area (Å²) in [6, 6.07) is 7.36. The van der Waals surface area contributed by atoms with E-state index in [4.69, 9.17) is 16.3 Å². The third-order valence-corrected chi connectivity index (χ3v) is 7.17. The molecule has 0 radical (unpaired) electrons. The molecule has 4 rings (SSSR count). The Bertz CT molecular complexity index is 991. The zero-order chi connectivity index (χ0) is 23.4. The van der Waals surface area contributed by atoms with Gasteiger partial charge in [0.2, 0.25) is 5.91 Å². The van der Waals surface area contributed by atoms with E-state index in [1.165, 1.54) is 6.42 Å². The Kier molecular flexibility index (Phi) is 7.27. The van der Waals surface area contributed by atoms with Crippen LogP contribution < -0.4 is 4.74 Å². The number of hydrogen-bond donors (Lipinski definition) is 0. The van der Waals surface area contributed by atoms with Crippen LogP contribution in [0.2, 0.25) is 5.02 Å². The molecule has 7 nitrogen and oxygen atoms in total. The van der Waals surface area contributed by atoms with Gasteiger partial charge >= 0.3 is 0 Å². The Morgan fingerprint density at radius 1 is 1.09 bits per heavy atom. The lowest BCUT2D eigenvalue weighted by atomic mass is 9.75. The SMILES string of the molecule is Cc1nn(C)cc1C(=O)N1CCC(COc2cccc(Cl)c2)(CC(=O)N2CCCCC2)CC1. The number of likely N-dealkylation sites (tertiary alicyclic amines) is 2. The van der Waals surface area contributed by atoms with Crippen LogP contribution in [0.1, 0.15) is 54.6 Å². The molecule has 0 N–H and O–H groups in total. The molecule has 8 heteroatoms. The number of aryl methyl sites for hydroxylation is 2. The first-order chi connectivity index (χ1) is 15.8. The van der Waals surface area contributed by atoms with Crippen molar-refractivity contribution in [1.29, 1.82) is 0 Å². The molecular formula is C25H33ClN4O3. The minimum atomic E-state index is -0.308. The molecule has 1 aromatic carbocycles. The fourth-order valence-corrected chi connectivity index (χ4v) is 5.09. The summed E-state index contributed by atoms with van der Waals surface area (Å²) in [6.07, 6.45) is 7.01. The van der Waals surface area contributed by atoms with Crippen LogP contribution in [0.4, 0.5) is 0 Å². The van der Waals surface area contributed by atoms with Gasteiger partial charge < -0.3 is 14.5 Å². The van der Waals surface area contributed by atoms with Crippen LogP contribution in [0.5, 0.6) is 5.75 Å². The number of benzene rings is 1. The molecule has 33 heavy (non-hydrogen) atoms. The van der Waals surface area contributed by atoms with Crippen molar-refractivity contribution in [3.05, 3.63) is 46.7 Å². The van der Waals surface area contributed by atoms with Gasteiger partial charge in [-0.2, -0.15) is 5.10 Å². The topological polar surface area (TPSA) is 67.7 Å².